The standard InChI is InChI=1S/C20H16F6N2O2/c21-19(22,23)10-27-17(29)12-6-2-4-8-16(12)28-18(30)14-9-13(14)11-5-1-3-7-15(11)20(24,25)26/h1-8,13-14H,9-10H2,(H,27,29)(H,28,30). The number of alkyl halides is 6. The fourth-order valence-electron chi connectivity index (χ4n) is 3.20. The van der Waals surface area contributed by atoms with E-state index >= 15 is 0 Å². The maximum Gasteiger partial charge on any atom is 0.416 e. The van der Waals surface area contributed by atoms with Crippen molar-refractivity contribution < 1.29 is 35.9 Å². The lowest BCUT2D eigenvalue weighted by atomic mass is 10.0. The Hall–Kier alpha value is -3.04. The molecule has 0 bridgehead atoms. The lowest BCUT2D eigenvalue weighted by molar-refractivity contribution is -0.138. The number of anilines is 1. The third kappa shape index (κ3) is 5.11. The van der Waals surface area contributed by atoms with Crippen LogP contribution in [0.15, 0.2) is 48.5 Å². The number of carbonyl (C=O) groups excluding carboxylic acids is 2. The minimum atomic E-state index is -4.60. The summed E-state index contributed by atoms with van der Waals surface area (Å²) in [4.78, 5) is 24.5. The SMILES string of the molecule is O=C(NCC(F)(F)F)c1ccccc1NC(=O)C1CC1c1ccccc1C(F)(F)F. The van der Waals surface area contributed by atoms with Gasteiger partial charge in [0.1, 0.15) is 6.54 Å². The van der Waals surface area contributed by atoms with Crippen molar-refractivity contribution in [1.82, 2.24) is 5.32 Å². The van der Waals surface area contributed by atoms with E-state index in [9.17, 15) is 35.9 Å². The number of carbonyl (C=O) groups is 2. The molecule has 160 valence electrons. The highest BCUT2D eigenvalue weighted by molar-refractivity contribution is 6.04. The van der Waals surface area contributed by atoms with Gasteiger partial charge in [0, 0.05) is 5.92 Å². The molecule has 2 aromatic rings. The van der Waals surface area contributed by atoms with E-state index in [1.165, 1.54) is 42.5 Å². The number of benzene rings is 2. The van der Waals surface area contributed by atoms with Gasteiger partial charge in [-0.15, -0.1) is 0 Å². The van der Waals surface area contributed by atoms with Crippen molar-refractivity contribution in [2.24, 2.45) is 5.92 Å². The van der Waals surface area contributed by atoms with Crippen LogP contribution in [0.3, 0.4) is 0 Å². The number of amides is 2. The molecule has 0 radical (unpaired) electrons. The molecule has 2 N–H and O–H groups in total. The maximum absolute atomic E-state index is 13.2. The fraction of sp³-hybridized carbons (Fsp3) is 0.300. The maximum atomic E-state index is 13.2. The number of rotatable bonds is 5. The number of hydrogen-bond donors (Lipinski definition) is 2. The van der Waals surface area contributed by atoms with Gasteiger partial charge < -0.3 is 10.6 Å². The van der Waals surface area contributed by atoms with Crippen molar-refractivity contribution >= 4 is 17.5 Å². The Morgan fingerprint density at radius 1 is 0.933 bits per heavy atom. The van der Waals surface area contributed by atoms with Gasteiger partial charge in [-0.2, -0.15) is 26.3 Å². The molecule has 1 aliphatic rings. The summed E-state index contributed by atoms with van der Waals surface area (Å²) in [6.45, 7) is -1.53. The Morgan fingerprint density at radius 3 is 2.23 bits per heavy atom. The summed E-state index contributed by atoms with van der Waals surface area (Å²) in [5.41, 5.74) is -0.987. The third-order valence-electron chi connectivity index (χ3n) is 4.67. The Bertz CT molecular complexity index is 955. The second-order valence-corrected chi connectivity index (χ2v) is 6.87. The zero-order chi connectivity index (χ0) is 22.1. The van der Waals surface area contributed by atoms with Crippen LogP contribution < -0.4 is 10.6 Å². The summed E-state index contributed by atoms with van der Waals surface area (Å²) < 4.78 is 76.5. The van der Waals surface area contributed by atoms with Crippen LogP contribution in [0.2, 0.25) is 0 Å². The topological polar surface area (TPSA) is 58.2 Å². The lowest BCUT2D eigenvalue weighted by Gasteiger charge is -2.14. The number of halogens is 6. The van der Waals surface area contributed by atoms with Gasteiger partial charge in [0.2, 0.25) is 5.91 Å². The molecule has 4 nitrogen and oxygen atoms in total. The molecule has 2 unspecified atom stereocenters. The van der Waals surface area contributed by atoms with Crippen LogP contribution in [0.25, 0.3) is 0 Å². The Labute approximate surface area is 167 Å². The quantitative estimate of drug-likeness (QED) is 0.674. The Morgan fingerprint density at radius 2 is 1.57 bits per heavy atom. The van der Waals surface area contributed by atoms with E-state index in [0.29, 0.717) is 0 Å². The fourth-order valence-corrected chi connectivity index (χ4v) is 3.20. The molecule has 0 spiro atoms. The zero-order valence-corrected chi connectivity index (χ0v) is 15.3. The van der Waals surface area contributed by atoms with E-state index in [0.717, 1.165) is 6.07 Å². The Balaban J connectivity index is 1.71. The van der Waals surface area contributed by atoms with Crippen LogP contribution in [0.1, 0.15) is 33.8 Å². The van der Waals surface area contributed by atoms with E-state index in [4.69, 9.17) is 0 Å². The minimum Gasteiger partial charge on any atom is -0.343 e. The number of hydrogen-bond acceptors (Lipinski definition) is 2. The molecule has 3 rings (SSSR count). The van der Waals surface area contributed by atoms with Gasteiger partial charge in [-0.05, 0) is 36.1 Å². The van der Waals surface area contributed by atoms with E-state index in [1.807, 2.05) is 0 Å². The van der Waals surface area contributed by atoms with Crippen molar-refractivity contribution in [3.63, 3.8) is 0 Å². The summed E-state index contributed by atoms with van der Waals surface area (Å²) in [6, 6.07) is 10.4. The molecule has 2 amide bonds. The summed E-state index contributed by atoms with van der Waals surface area (Å²) >= 11 is 0. The molecule has 0 aliphatic heterocycles. The van der Waals surface area contributed by atoms with Crippen molar-refractivity contribution in [3.8, 4) is 0 Å². The Kier molecular flexibility index (Phi) is 5.78. The van der Waals surface area contributed by atoms with Crippen molar-refractivity contribution in [2.75, 3.05) is 11.9 Å². The normalized spacial score (nSPS) is 18.6. The molecule has 0 aromatic heterocycles. The van der Waals surface area contributed by atoms with Gasteiger partial charge in [-0.25, -0.2) is 0 Å². The van der Waals surface area contributed by atoms with Crippen molar-refractivity contribution in [1.29, 1.82) is 0 Å². The van der Waals surface area contributed by atoms with Crippen LogP contribution in [-0.2, 0) is 11.0 Å². The monoisotopic (exact) mass is 430 g/mol. The molecule has 2 aromatic carbocycles. The third-order valence-corrected chi connectivity index (χ3v) is 4.67. The van der Waals surface area contributed by atoms with Crippen LogP contribution in [0.5, 0.6) is 0 Å². The highest BCUT2D eigenvalue weighted by Crippen LogP contribution is 2.51. The van der Waals surface area contributed by atoms with E-state index in [2.05, 4.69) is 5.32 Å². The number of para-hydroxylation sites is 1. The highest BCUT2D eigenvalue weighted by atomic mass is 19.4. The first-order valence-electron chi connectivity index (χ1n) is 8.88. The molecule has 1 saturated carbocycles. The van der Waals surface area contributed by atoms with Crippen LogP contribution in [0, 0.1) is 5.92 Å². The molecule has 0 heterocycles. The lowest BCUT2D eigenvalue weighted by Crippen LogP contribution is -2.34. The molecular weight excluding hydrogens is 414 g/mol. The summed E-state index contributed by atoms with van der Waals surface area (Å²) in [5, 5.41) is 4.16. The van der Waals surface area contributed by atoms with Crippen LogP contribution >= 0.6 is 0 Å². The first kappa shape index (κ1) is 21.7. The van der Waals surface area contributed by atoms with E-state index in [-0.39, 0.29) is 23.2 Å². The number of nitrogens with one attached hydrogen (secondary N) is 2. The van der Waals surface area contributed by atoms with Gasteiger partial charge in [0.05, 0.1) is 16.8 Å². The molecule has 30 heavy (non-hydrogen) atoms. The zero-order valence-electron chi connectivity index (χ0n) is 15.3. The van der Waals surface area contributed by atoms with Crippen LogP contribution in [-0.4, -0.2) is 24.5 Å². The van der Waals surface area contributed by atoms with Gasteiger partial charge in [-0.1, -0.05) is 30.3 Å². The first-order valence-corrected chi connectivity index (χ1v) is 8.88. The second-order valence-electron chi connectivity index (χ2n) is 6.87. The van der Waals surface area contributed by atoms with E-state index < -0.39 is 48.1 Å². The van der Waals surface area contributed by atoms with Gasteiger partial charge in [0.15, 0.2) is 0 Å². The molecule has 10 heteroatoms. The van der Waals surface area contributed by atoms with Gasteiger partial charge in [0.25, 0.3) is 5.91 Å². The average molecular weight is 430 g/mol. The summed E-state index contributed by atoms with van der Waals surface area (Å²) in [5.74, 6) is -3.00. The molecular formula is C20H16F6N2O2. The molecule has 2 atom stereocenters. The second kappa shape index (κ2) is 8.00. The first-order chi connectivity index (χ1) is 14.0. The smallest absolute Gasteiger partial charge is 0.343 e. The molecule has 1 fully saturated rings. The van der Waals surface area contributed by atoms with Crippen molar-refractivity contribution in [2.45, 2.75) is 24.7 Å². The average Bonchev–Trinajstić information content (AvgIpc) is 3.46. The van der Waals surface area contributed by atoms with E-state index in [1.54, 1.807) is 5.32 Å². The predicted molar refractivity (Wildman–Crippen MR) is 95.8 cm³/mol. The van der Waals surface area contributed by atoms with Crippen molar-refractivity contribution in [3.05, 3.63) is 65.2 Å². The van der Waals surface area contributed by atoms with Crippen LogP contribution in [0.4, 0.5) is 32.0 Å². The van der Waals surface area contributed by atoms with Gasteiger partial charge >= 0.3 is 12.4 Å². The molecule has 0 saturated heterocycles. The van der Waals surface area contributed by atoms with Gasteiger partial charge in [-0.3, -0.25) is 9.59 Å². The largest absolute Gasteiger partial charge is 0.416 e. The summed E-state index contributed by atoms with van der Waals surface area (Å²) in [7, 11) is 0. The predicted octanol–water partition coefficient (Wildman–Crippen LogP) is 4.74. The molecule has 1 aliphatic carbocycles. The summed E-state index contributed by atoms with van der Waals surface area (Å²) in [6.07, 6.45) is -8.95. The highest BCUT2D eigenvalue weighted by Gasteiger charge is 2.48. The minimum absolute atomic E-state index is 0.0151.